The summed E-state index contributed by atoms with van der Waals surface area (Å²) in [6.07, 6.45) is 0. The molecule has 1 fully saturated rings. The molecule has 2 rings (SSSR count). The Morgan fingerprint density at radius 2 is 1.79 bits per heavy atom. The molecule has 19 heavy (non-hydrogen) atoms. The van der Waals surface area contributed by atoms with E-state index in [1.54, 1.807) is 12.1 Å². The van der Waals surface area contributed by atoms with Crippen molar-refractivity contribution in [3.8, 4) is 0 Å². The van der Waals surface area contributed by atoms with Crippen LogP contribution < -0.4 is 4.90 Å². The first kappa shape index (κ1) is 14.3. The Morgan fingerprint density at radius 1 is 1.16 bits per heavy atom. The molecule has 0 spiro atoms. The van der Waals surface area contributed by atoms with Crippen LogP contribution in [-0.2, 0) is 6.61 Å². The Bertz CT molecular complexity index is 434. The van der Waals surface area contributed by atoms with E-state index in [9.17, 15) is 4.39 Å². The van der Waals surface area contributed by atoms with E-state index in [-0.39, 0.29) is 18.0 Å². The molecule has 0 amide bonds. The van der Waals surface area contributed by atoms with Gasteiger partial charge in [-0.25, -0.2) is 4.39 Å². The fourth-order valence-corrected chi connectivity index (χ4v) is 2.52. The molecule has 4 heteroatoms. The Balaban J connectivity index is 2.06. The van der Waals surface area contributed by atoms with Crippen LogP contribution in [0.4, 0.5) is 10.1 Å². The zero-order valence-electron chi connectivity index (χ0n) is 12.0. The van der Waals surface area contributed by atoms with Gasteiger partial charge in [-0.05, 0) is 38.5 Å². The van der Waals surface area contributed by atoms with Gasteiger partial charge in [-0.3, -0.25) is 4.90 Å². The minimum Gasteiger partial charge on any atom is -0.392 e. The molecule has 1 saturated heterocycles. The molecule has 1 aromatic rings. The van der Waals surface area contributed by atoms with Gasteiger partial charge >= 0.3 is 0 Å². The highest BCUT2D eigenvalue weighted by Crippen LogP contribution is 2.24. The average Bonchev–Trinajstić information content (AvgIpc) is 2.37. The van der Waals surface area contributed by atoms with Crippen molar-refractivity contribution in [2.24, 2.45) is 0 Å². The number of nitrogens with zero attached hydrogens (tertiary/aromatic N) is 2. The van der Waals surface area contributed by atoms with E-state index in [0.29, 0.717) is 11.3 Å². The smallest absolute Gasteiger partial charge is 0.146 e. The maximum absolute atomic E-state index is 14.0. The third-order valence-corrected chi connectivity index (χ3v) is 3.76. The maximum atomic E-state index is 14.0. The van der Waals surface area contributed by atoms with Crippen molar-refractivity contribution in [3.63, 3.8) is 0 Å². The second-order valence-electron chi connectivity index (χ2n) is 6.09. The van der Waals surface area contributed by atoms with E-state index in [1.165, 1.54) is 6.07 Å². The number of hydrogen-bond donors (Lipinski definition) is 1. The fraction of sp³-hybridized carbons (Fsp3) is 0.600. The first-order chi connectivity index (χ1) is 8.91. The molecule has 106 valence electrons. The van der Waals surface area contributed by atoms with Crippen molar-refractivity contribution in [1.29, 1.82) is 0 Å². The third-order valence-electron chi connectivity index (χ3n) is 3.76. The van der Waals surface area contributed by atoms with Crippen LogP contribution in [0.5, 0.6) is 0 Å². The zero-order chi connectivity index (χ0) is 14.0. The SMILES string of the molecule is CC(C)(C)N1CCN(c2ccc(CO)cc2F)CC1. The van der Waals surface area contributed by atoms with E-state index >= 15 is 0 Å². The third kappa shape index (κ3) is 3.25. The number of aliphatic hydroxyl groups excluding tert-OH is 1. The Morgan fingerprint density at radius 3 is 2.26 bits per heavy atom. The zero-order valence-corrected chi connectivity index (χ0v) is 12.0. The van der Waals surface area contributed by atoms with Crippen molar-refractivity contribution < 1.29 is 9.50 Å². The van der Waals surface area contributed by atoms with Gasteiger partial charge in [0.05, 0.1) is 12.3 Å². The van der Waals surface area contributed by atoms with Crippen LogP contribution in [0, 0.1) is 5.82 Å². The standard InChI is InChI=1S/C15H23FN2O/c1-15(2,3)18-8-6-17(7-9-18)14-5-4-12(11-19)10-13(14)16/h4-5,10,19H,6-9,11H2,1-3H3. The van der Waals surface area contributed by atoms with Gasteiger partial charge in [0.15, 0.2) is 0 Å². The largest absolute Gasteiger partial charge is 0.392 e. The van der Waals surface area contributed by atoms with E-state index in [4.69, 9.17) is 5.11 Å². The van der Waals surface area contributed by atoms with E-state index in [1.807, 2.05) is 0 Å². The summed E-state index contributed by atoms with van der Waals surface area (Å²) in [6.45, 7) is 10.1. The van der Waals surface area contributed by atoms with Crippen molar-refractivity contribution >= 4 is 5.69 Å². The number of piperazine rings is 1. The highest BCUT2D eigenvalue weighted by Gasteiger charge is 2.26. The summed E-state index contributed by atoms with van der Waals surface area (Å²) in [4.78, 5) is 4.50. The number of anilines is 1. The van der Waals surface area contributed by atoms with Gasteiger partial charge in [0.2, 0.25) is 0 Å². The molecule has 1 aliphatic heterocycles. The van der Waals surface area contributed by atoms with E-state index in [0.717, 1.165) is 26.2 Å². The summed E-state index contributed by atoms with van der Waals surface area (Å²) in [7, 11) is 0. The second-order valence-corrected chi connectivity index (χ2v) is 6.09. The first-order valence-corrected chi connectivity index (χ1v) is 6.81. The van der Waals surface area contributed by atoms with E-state index in [2.05, 4.69) is 30.6 Å². The van der Waals surface area contributed by atoms with Crippen molar-refractivity contribution in [3.05, 3.63) is 29.6 Å². The predicted octanol–water partition coefficient (Wildman–Crippen LogP) is 2.24. The van der Waals surface area contributed by atoms with Gasteiger partial charge in [-0.2, -0.15) is 0 Å². The lowest BCUT2D eigenvalue weighted by atomic mass is 10.0. The van der Waals surface area contributed by atoms with Gasteiger partial charge in [-0.1, -0.05) is 6.07 Å². The number of benzene rings is 1. The molecule has 0 saturated carbocycles. The Kier molecular flexibility index (Phi) is 4.11. The number of halogens is 1. The molecule has 1 heterocycles. The highest BCUT2D eigenvalue weighted by molar-refractivity contribution is 5.49. The number of aliphatic hydroxyl groups is 1. The molecule has 1 aliphatic rings. The molecule has 3 nitrogen and oxygen atoms in total. The van der Waals surface area contributed by atoms with Gasteiger partial charge in [0.1, 0.15) is 5.82 Å². The summed E-state index contributed by atoms with van der Waals surface area (Å²) < 4.78 is 14.0. The molecule has 0 aliphatic carbocycles. The molecule has 0 radical (unpaired) electrons. The summed E-state index contributed by atoms with van der Waals surface area (Å²) in [6, 6.07) is 4.98. The van der Waals surface area contributed by atoms with Crippen LogP contribution in [0.3, 0.4) is 0 Å². The lowest BCUT2D eigenvalue weighted by molar-refractivity contribution is 0.128. The maximum Gasteiger partial charge on any atom is 0.146 e. The topological polar surface area (TPSA) is 26.7 Å². The van der Waals surface area contributed by atoms with Gasteiger partial charge < -0.3 is 10.0 Å². The average molecular weight is 266 g/mol. The van der Waals surface area contributed by atoms with Gasteiger partial charge in [0, 0.05) is 31.7 Å². The quantitative estimate of drug-likeness (QED) is 0.889. The van der Waals surface area contributed by atoms with Crippen LogP contribution in [0.2, 0.25) is 0 Å². The van der Waals surface area contributed by atoms with Crippen LogP contribution in [0.15, 0.2) is 18.2 Å². The minimum atomic E-state index is -0.240. The number of rotatable bonds is 2. The molecule has 1 N–H and O–H groups in total. The summed E-state index contributed by atoms with van der Waals surface area (Å²) >= 11 is 0. The summed E-state index contributed by atoms with van der Waals surface area (Å²) in [5, 5.41) is 9.00. The second kappa shape index (κ2) is 5.47. The number of hydrogen-bond acceptors (Lipinski definition) is 3. The highest BCUT2D eigenvalue weighted by atomic mass is 19.1. The van der Waals surface area contributed by atoms with Gasteiger partial charge in [0.25, 0.3) is 0 Å². The molecule has 0 atom stereocenters. The van der Waals surface area contributed by atoms with Crippen LogP contribution in [0.25, 0.3) is 0 Å². The van der Waals surface area contributed by atoms with Crippen LogP contribution >= 0.6 is 0 Å². The molecule has 1 aromatic carbocycles. The molecule has 0 aromatic heterocycles. The first-order valence-electron chi connectivity index (χ1n) is 6.81. The van der Waals surface area contributed by atoms with Crippen molar-refractivity contribution in [1.82, 2.24) is 4.90 Å². The normalized spacial score (nSPS) is 17.8. The molecule has 0 bridgehead atoms. The lowest BCUT2D eigenvalue weighted by Crippen LogP contribution is -2.53. The van der Waals surface area contributed by atoms with Crippen molar-refractivity contribution in [2.45, 2.75) is 32.9 Å². The lowest BCUT2D eigenvalue weighted by Gasteiger charge is -2.43. The molecular weight excluding hydrogens is 243 g/mol. The van der Waals surface area contributed by atoms with Crippen LogP contribution in [-0.4, -0.2) is 41.7 Å². The van der Waals surface area contributed by atoms with Gasteiger partial charge in [-0.15, -0.1) is 0 Å². The van der Waals surface area contributed by atoms with Crippen LogP contribution in [0.1, 0.15) is 26.3 Å². The van der Waals surface area contributed by atoms with Crippen molar-refractivity contribution in [2.75, 3.05) is 31.1 Å². The predicted molar refractivity (Wildman–Crippen MR) is 75.9 cm³/mol. The fourth-order valence-electron chi connectivity index (χ4n) is 2.52. The summed E-state index contributed by atoms with van der Waals surface area (Å²) in [5.74, 6) is -0.240. The minimum absolute atomic E-state index is 0.116. The Hall–Kier alpha value is -1.13. The monoisotopic (exact) mass is 266 g/mol. The molecule has 0 unspecified atom stereocenters. The van der Waals surface area contributed by atoms with E-state index < -0.39 is 0 Å². The Labute approximate surface area is 114 Å². The molecular formula is C15H23FN2O. The summed E-state index contributed by atoms with van der Waals surface area (Å²) in [5.41, 5.74) is 1.44.